The molecule has 0 saturated carbocycles. The number of carbonyl (C=O) groups is 1. The number of carbonyl (C=O) groups excluding carboxylic acids is 1. The fourth-order valence-electron chi connectivity index (χ4n) is 1.73. The van der Waals surface area contributed by atoms with E-state index >= 15 is 0 Å². The zero-order valence-corrected chi connectivity index (χ0v) is 11.3. The van der Waals surface area contributed by atoms with Gasteiger partial charge in [0.1, 0.15) is 6.61 Å². The van der Waals surface area contributed by atoms with Gasteiger partial charge in [0.25, 0.3) is 5.91 Å². The maximum Gasteiger partial charge on any atom is 0.268 e. The zero-order valence-electron chi connectivity index (χ0n) is 11.3. The lowest BCUT2D eigenvalue weighted by molar-refractivity contribution is 0.0949. The summed E-state index contributed by atoms with van der Waals surface area (Å²) >= 11 is 0. The first-order valence-corrected chi connectivity index (χ1v) is 5.97. The summed E-state index contributed by atoms with van der Waals surface area (Å²) in [5, 5.41) is 8.84. The highest BCUT2D eigenvalue weighted by Crippen LogP contribution is 2.29. The van der Waals surface area contributed by atoms with Gasteiger partial charge in [0.05, 0.1) is 30.6 Å². The van der Waals surface area contributed by atoms with E-state index in [1.165, 1.54) is 19.4 Å². The Hall–Kier alpha value is -2.98. The molecule has 0 bridgehead atoms. The van der Waals surface area contributed by atoms with Crippen molar-refractivity contribution in [2.75, 3.05) is 7.11 Å². The number of ether oxygens (including phenoxy) is 2. The summed E-state index contributed by atoms with van der Waals surface area (Å²) < 4.78 is 15.9. The van der Waals surface area contributed by atoms with Crippen LogP contribution in [-0.4, -0.2) is 13.0 Å². The molecule has 1 heterocycles. The summed E-state index contributed by atoms with van der Waals surface area (Å²) in [7, 11) is 1.48. The van der Waals surface area contributed by atoms with Crippen LogP contribution < -0.4 is 20.7 Å². The van der Waals surface area contributed by atoms with Crippen LogP contribution in [0.25, 0.3) is 0 Å². The molecule has 0 unspecified atom stereocenters. The number of benzene rings is 1. The van der Waals surface area contributed by atoms with Gasteiger partial charge >= 0.3 is 0 Å². The summed E-state index contributed by atoms with van der Waals surface area (Å²) in [5.41, 5.74) is 2.78. The average Bonchev–Trinajstić information content (AvgIpc) is 3.00. The van der Waals surface area contributed by atoms with E-state index in [0.29, 0.717) is 28.4 Å². The largest absolute Gasteiger partial charge is 0.493 e. The number of hydrogen-bond acceptors (Lipinski definition) is 6. The van der Waals surface area contributed by atoms with Gasteiger partial charge in [0.15, 0.2) is 17.3 Å². The molecular formula is C14H13N3O4. The van der Waals surface area contributed by atoms with Gasteiger partial charge in [-0.05, 0) is 18.2 Å². The standard InChI is InChI=1S/C14H13N3O4/c1-19-12-6-9(7-15)2-3-11(12)21-8-13-10(4-5-20-13)14(18)17-16/h2-6H,8,16H2,1H3,(H,17,18). The van der Waals surface area contributed by atoms with Gasteiger partial charge in [-0.15, -0.1) is 0 Å². The van der Waals surface area contributed by atoms with E-state index in [2.05, 4.69) is 0 Å². The lowest BCUT2D eigenvalue weighted by Gasteiger charge is -2.10. The summed E-state index contributed by atoms with van der Waals surface area (Å²) in [6.45, 7) is 0.0258. The molecule has 0 aliphatic carbocycles. The van der Waals surface area contributed by atoms with E-state index in [0.717, 1.165) is 0 Å². The minimum absolute atomic E-state index is 0.0258. The highest BCUT2D eigenvalue weighted by atomic mass is 16.5. The SMILES string of the molecule is COc1cc(C#N)ccc1OCc1occc1C(=O)NN. The molecule has 108 valence electrons. The van der Waals surface area contributed by atoms with Crippen molar-refractivity contribution < 1.29 is 18.7 Å². The number of hydrogen-bond donors (Lipinski definition) is 2. The van der Waals surface area contributed by atoms with Crippen LogP contribution in [0.3, 0.4) is 0 Å². The molecule has 0 radical (unpaired) electrons. The van der Waals surface area contributed by atoms with Gasteiger partial charge in [-0.25, -0.2) is 5.84 Å². The van der Waals surface area contributed by atoms with Crippen molar-refractivity contribution in [3.8, 4) is 17.6 Å². The molecule has 0 spiro atoms. The van der Waals surface area contributed by atoms with Crippen molar-refractivity contribution >= 4 is 5.91 Å². The molecule has 0 fully saturated rings. The second-order valence-electron chi connectivity index (χ2n) is 4.00. The number of nitriles is 1. The Bertz CT molecular complexity index is 688. The van der Waals surface area contributed by atoms with Crippen molar-refractivity contribution in [3.05, 3.63) is 47.4 Å². The molecule has 2 rings (SSSR count). The second-order valence-corrected chi connectivity index (χ2v) is 4.00. The first kappa shape index (κ1) is 14.4. The van der Waals surface area contributed by atoms with E-state index in [-0.39, 0.29) is 6.61 Å². The Morgan fingerprint density at radius 1 is 1.43 bits per heavy atom. The predicted molar refractivity (Wildman–Crippen MR) is 72.4 cm³/mol. The van der Waals surface area contributed by atoms with Crippen molar-refractivity contribution in [1.29, 1.82) is 5.26 Å². The third-order valence-corrected chi connectivity index (χ3v) is 2.77. The van der Waals surface area contributed by atoms with Crippen LogP contribution in [-0.2, 0) is 6.61 Å². The van der Waals surface area contributed by atoms with Gasteiger partial charge in [0, 0.05) is 6.07 Å². The van der Waals surface area contributed by atoms with Crippen molar-refractivity contribution in [2.24, 2.45) is 5.84 Å². The van der Waals surface area contributed by atoms with Crippen LogP contribution in [0.4, 0.5) is 0 Å². The van der Waals surface area contributed by atoms with Crippen molar-refractivity contribution in [1.82, 2.24) is 5.43 Å². The fraction of sp³-hybridized carbons (Fsp3) is 0.143. The molecule has 7 nitrogen and oxygen atoms in total. The molecule has 0 aliphatic rings. The Morgan fingerprint density at radius 2 is 2.24 bits per heavy atom. The average molecular weight is 287 g/mol. The number of amides is 1. The minimum Gasteiger partial charge on any atom is -0.493 e. The molecule has 3 N–H and O–H groups in total. The molecule has 1 aromatic heterocycles. The summed E-state index contributed by atoms with van der Waals surface area (Å²) in [5.74, 6) is 5.82. The molecule has 0 atom stereocenters. The number of rotatable bonds is 5. The highest BCUT2D eigenvalue weighted by molar-refractivity contribution is 5.94. The number of nitrogen functional groups attached to an aromatic ring is 1. The predicted octanol–water partition coefficient (Wildman–Crippen LogP) is 1.34. The normalized spacial score (nSPS) is 9.76. The molecule has 0 aliphatic heterocycles. The highest BCUT2D eigenvalue weighted by Gasteiger charge is 2.15. The van der Waals surface area contributed by atoms with Crippen LogP contribution in [0, 0.1) is 11.3 Å². The van der Waals surface area contributed by atoms with Crippen LogP contribution in [0.15, 0.2) is 34.9 Å². The summed E-state index contributed by atoms with van der Waals surface area (Å²) in [6, 6.07) is 8.29. The topological polar surface area (TPSA) is 111 Å². The van der Waals surface area contributed by atoms with Gasteiger partial charge in [-0.3, -0.25) is 10.2 Å². The molecule has 1 amide bonds. The number of nitrogens with two attached hydrogens (primary N) is 1. The minimum atomic E-state index is -0.464. The lowest BCUT2D eigenvalue weighted by Crippen LogP contribution is -2.30. The van der Waals surface area contributed by atoms with Crippen LogP contribution in [0.1, 0.15) is 21.7 Å². The Labute approximate surface area is 120 Å². The monoisotopic (exact) mass is 287 g/mol. The Morgan fingerprint density at radius 3 is 2.90 bits per heavy atom. The molecule has 1 aromatic carbocycles. The van der Waals surface area contributed by atoms with Crippen LogP contribution in [0.5, 0.6) is 11.5 Å². The third kappa shape index (κ3) is 3.13. The Balaban J connectivity index is 2.16. The van der Waals surface area contributed by atoms with E-state index in [9.17, 15) is 4.79 Å². The number of methoxy groups -OCH3 is 1. The maximum absolute atomic E-state index is 11.5. The number of hydrazine groups is 1. The lowest BCUT2D eigenvalue weighted by atomic mass is 10.2. The molecule has 0 saturated heterocycles. The quantitative estimate of drug-likeness (QED) is 0.488. The first-order chi connectivity index (χ1) is 10.2. The molecular weight excluding hydrogens is 274 g/mol. The smallest absolute Gasteiger partial charge is 0.268 e. The van der Waals surface area contributed by atoms with Crippen LogP contribution in [0.2, 0.25) is 0 Å². The zero-order chi connectivity index (χ0) is 15.2. The number of nitrogens with one attached hydrogen (secondary N) is 1. The van der Waals surface area contributed by atoms with Gasteiger partial charge < -0.3 is 13.9 Å². The Kier molecular flexibility index (Phi) is 4.43. The summed E-state index contributed by atoms with van der Waals surface area (Å²) in [4.78, 5) is 11.5. The van der Waals surface area contributed by atoms with E-state index < -0.39 is 5.91 Å². The number of nitrogens with zero attached hydrogens (tertiary/aromatic N) is 1. The van der Waals surface area contributed by atoms with Gasteiger partial charge in [0.2, 0.25) is 0 Å². The number of furan rings is 1. The first-order valence-electron chi connectivity index (χ1n) is 5.97. The van der Waals surface area contributed by atoms with Gasteiger partial charge in [-0.2, -0.15) is 5.26 Å². The van der Waals surface area contributed by atoms with E-state index in [1.54, 1.807) is 18.2 Å². The van der Waals surface area contributed by atoms with Crippen molar-refractivity contribution in [3.63, 3.8) is 0 Å². The molecule has 7 heteroatoms. The molecule has 2 aromatic rings. The maximum atomic E-state index is 11.5. The fourth-order valence-corrected chi connectivity index (χ4v) is 1.73. The third-order valence-electron chi connectivity index (χ3n) is 2.77. The van der Waals surface area contributed by atoms with Crippen molar-refractivity contribution in [2.45, 2.75) is 6.61 Å². The second kappa shape index (κ2) is 6.45. The molecule has 21 heavy (non-hydrogen) atoms. The van der Waals surface area contributed by atoms with Crippen LogP contribution >= 0.6 is 0 Å². The van der Waals surface area contributed by atoms with E-state index in [1.807, 2.05) is 11.5 Å². The van der Waals surface area contributed by atoms with E-state index in [4.69, 9.17) is 25.0 Å². The summed E-state index contributed by atoms with van der Waals surface area (Å²) in [6.07, 6.45) is 1.37. The van der Waals surface area contributed by atoms with Gasteiger partial charge in [-0.1, -0.05) is 0 Å².